The first-order valence-electron chi connectivity index (χ1n) is 7.68. The maximum absolute atomic E-state index is 12.4. The Morgan fingerprint density at radius 2 is 1.81 bits per heavy atom. The molecule has 1 amide bonds. The smallest absolute Gasteiger partial charge is 0.251 e. The molecule has 0 bridgehead atoms. The molecule has 1 aliphatic rings. The van der Waals surface area contributed by atoms with Crippen molar-refractivity contribution in [3.8, 4) is 11.5 Å². The van der Waals surface area contributed by atoms with Gasteiger partial charge in [0, 0.05) is 11.6 Å². The van der Waals surface area contributed by atoms with Crippen molar-refractivity contribution in [2.45, 2.75) is 45.1 Å². The van der Waals surface area contributed by atoms with Gasteiger partial charge in [-0.05, 0) is 43.9 Å². The number of nitrogens with one attached hydrogen (secondary N) is 1. The molecule has 0 unspecified atom stereocenters. The number of amides is 1. The molecule has 1 aromatic carbocycles. The Morgan fingerprint density at radius 1 is 1.14 bits per heavy atom. The summed E-state index contributed by atoms with van der Waals surface area (Å²) >= 11 is 0. The number of ether oxygens (including phenoxy) is 2. The fraction of sp³-hybridized carbons (Fsp3) is 0.588. The Morgan fingerprint density at radius 3 is 2.43 bits per heavy atom. The SMILES string of the molecule is COc1ccc(C(=O)N[C@@H](C)C2CCCCC2)cc1OC. The van der Waals surface area contributed by atoms with Crippen molar-refractivity contribution in [2.75, 3.05) is 14.2 Å². The lowest BCUT2D eigenvalue weighted by Crippen LogP contribution is -2.38. The summed E-state index contributed by atoms with van der Waals surface area (Å²) in [5.41, 5.74) is 0.607. The Balaban J connectivity index is 2.02. The maximum Gasteiger partial charge on any atom is 0.251 e. The van der Waals surface area contributed by atoms with Gasteiger partial charge in [-0.3, -0.25) is 4.79 Å². The fourth-order valence-corrected chi connectivity index (χ4v) is 3.02. The van der Waals surface area contributed by atoms with E-state index in [1.165, 1.54) is 32.1 Å². The predicted octanol–water partition coefficient (Wildman–Crippen LogP) is 3.40. The van der Waals surface area contributed by atoms with E-state index in [1.54, 1.807) is 32.4 Å². The molecular formula is C17H25NO3. The summed E-state index contributed by atoms with van der Waals surface area (Å²) in [7, 11) is 3.16. The zero-order valence-corrected chi connectivity index (χ0v) is 13.1. The third kappa shape index (κ3) is 3.90. The highest BCUT2D eigenvalue weighted by molar-refractivity contribution is 5.95. The van der Waals surface area contributed by atoms with E-state index in [2.05, 4.69) is 12.2 Å². The van der Waals surface area contributed by atoms with Crippen molar-refractivity contribution in [1.29, 1.82) is 0 Å². The molecule has 4 heteroatoms. The van der Waals surface area contributed by atoms with Crippen LogP contribution in [0.2, 0.25) is 0 Å². The predicted molar refractivity (Wildman–Crippen MR) is 83.0 cm³/mol. The van der Waals surface area contributed by atoms with E-state index in [0.717, 1.165) is 0 Å². The van der Waals surface area contributed by atoms with Crippen LogP contribution < -0.4 is 14.8 Å². The third-order valence-electron chi connectivity index (χ3n) is 4.36. The highest BCUT2D eigenvalue weighted by Crippen LogP contribution is 2.29. The number of rotatable bonds is 5. The normalized spacial score (nSPS) is 17.1. The van der Waals surface area contributed by atoms with Crippen LogP contribution in [0.4, 0.5) is 0 Å². The van der Waals surface area contributed by atoms with E-state index in [4.69, 9.17) is 9.47 Å². The molecule has 1 fully saturated rings. The second-order valence-electron chi connectivity index (χ2n) is 5.73. The fourth-order valence-electron chi connectivity index (χ4n) is 3.02. The molecule has 0 aliphatic heterocycles. The summed E-state index contributed by atoms with van der Waals surface area (Å²) in [5.74, 6) is 1.77. The third-order valence-corrected chi connectivity index (χ3v) is 4.36. The monoisotopic (exact) mass is 291 g/mol. The van der Waals surface area contributed by atoms with E-state index in [9.17, 15) is 4.79 Å². The lowest BCUT2D eigenvalue weighted by Gasteiger charge is -2.28. The average Bonchev–Trinajstić information content (AvgIpc) is 2.54. The van der Waals surface area contributed by atoms with Gasteiger partial charge in [-0.15, -0.1) is 0 Å². The van der Waals surface area contributed by atoms with E-state index < -0.39 is 0 Å². The number of carbonyl (C=O) groups is 1. The Hall–Kier alpha value is -1.71. The molecule has 1 atom stereocenters. The number of benzene rings is 1. The minimum Gasteiger partial charge on any atom is -0.493 e. The average molecular weight is 291 g/mol. The van der Waals surface area contributed by atoms with Gasteiger partial charge in [-0.1, -0.05) is 19.3 Å². The highest BCUT2D eigenvalue weighted by atomic mass is 16.5. The standard InChI is InChI=1S/C17H25NO3/c1-12(13-7-5-4-6-8-13)18-17(19)14-9-10-15(20-2)16(11-14)21-3/h9-13H,4-8H2,1-3H3,(H,18,19)/t12-/m0/s1. The summed E-state index contributed by atoms with van der Waals surface area (Å²) in [6, 6.07) is 5.47. The largest absolute Gasteiger partial charge is 0.493 e. The van der Waals surface area contributed by atoms with Crippen LogP contribution in [-0.4, -0.2) is 26.2 Å². The molecule has 1 aromatic rings. The molecule has 1 N–H and O–H groups in total. The molecule has 4 nitrogen and oxygen atoms in total. The van der Waals surface area contributed by atoms with Crippen molar-refractivity contribution in [2.24, 2.45) is 5.92 Å². The van der Waals surface area contributed by atoms with Gasteiger partial charge in [0.15, 0.2) is 11.5 Å². The maximum atomic E-state index is 12.4. The first-order chi connectivity index (χ1) is 10.2. The molecule has 1 aliphatic carbocycles. The second-order valence-corrected chi connectivity index (χ2v) is 5.73. The van der Waals surface area contributed by atoms with Crippen LogP contribution in [0, 0.1) is 5.92 Å². The van der Waals surface area contributed by atoms with Gasteiger partial charge in [-0.25, -0.2) is 0 Å². The van der Waals surface area contributed by atoms with Crippen molar-refractivity contribution >= 4 is 5.91 Å². The molecule has 1 saturated carbocycles. The van der Waals surface area contributed by atoms with Gasteiger partial charge in [-0.2, -0.15) is 0 Å². The number of hydrogen-bond donors (Lipinski definition) is 1. The van der Waals surface area contributed by atoms with E-state index in [-0.39, 0.29) is 11.9 Å². The molecule has 0 aromatic heterocycles. The van der Waals surface area contributed by atoms with Crippen molar-refractivity contribution in [1.82, 2.24) is 5.32 Å². The molecule has 0 radical (unpaired) electrons. The van der Waals surface area contributed by atoms with E-state index in [1.807, 2.05) is 0 Å². The first kappa shape index (κ1) is 15.7. The Labute approximate surface area is 126 Å². The van der Waals surface area contributed by atoms with E-state index in [0.29, 0.717) is 23.0 Å². The molecule has 21 heavy (non-hydrogen) atoms. The van der Waals surface area contributed by atoms with Crippen LogP contribution in [0.1, 0.15) is 49.4 Å². The summed E-state index contributed by atoms with van der Waals surface area (Å²) in [5, 5.41) is 3.12. The summed E-state index contributed by atoms with van der Waals surface area (Å²) in [4.78, 5) is 12.4. The molecule has 0 spiro atoms. The molecule has 2 rings (SSSR count). The number of methoxy groups -OCH3 is 2. The molecule has 116 valence electrons. The lowest BCUT2D eigenvalue weighted by molar-refractivity contribution is 0.0919. The molecule has 0 heterocycles. The topological polar surface area (TPSA) is 47.6 Å². The van der Waals surface area contributed by atoms with Gasteiger partial charge in [0.25, 0.3) is 5.91 Å². The van der Waals surface area contributed by atoms with Crippen molar-refractivity contribution in [3.05, 3.63) is 23.8 Å². The van der Waals surface area contributed by atoms with Gasteiger partial charge < -0.3 is 14.8 Å². The van der Waals surface area contributed by atoms with Crippen LogP contribution in [0.3, 0.4) is 0 Å². The van der Waals surface area contributed by atoms with Crippen LogP contribution in [0.15, 0.2) is 18.2 Å². The van der Waals surface area contributed by atoms with Crippen LogP contribution >= 0.6 is 0 Å². The minimum absolute atomic E-state index is 0.0472. The van der Waals surface area contributed by atoms with Gasteiger partial charge in [0.2, 0.25) is 0 Å². The molecular weight excluding hydrogens is 266 g/mol. The first-order valence-corrected chi connectivity index (χ1v) is 7.68. The van der Waals surface area contributed by atoms with Gasteiger partial charge in [0.05, 0.1) is 14.2 Å². The van der Waals surface area contributed by atoms with Gasteiger partial charge >= 0.3 is 0 Å². The molecule has 0 saturated heterocycles. The zero-order chi connectivity index (χ0) is 15.2. The van der Waals surface area contributed by atoms with Crippen LogP contribution in [0.25, 0.3) is 0 Å². The quantitative estimate of drug-likeness (QED) is 0.904. The van der Waals surface area contributed by atoms with E-state index >= 15 is 0 Å². The van der Waals surface area contributed by atoms with Crippen molar-refractivity contribution in [3.63, 3.8) is 0 Å². The number of carbonyl (C=O) groups excluding carboxylic acids is 1. The second kappa shape index (κ2) is 7.34. The zero-order valence-electron chi connectivity index (χ0n) is 13.1. The summed E-state index contributed by atoms with van der Waals surface area (Å²) in [6.07, 6.45) is 6.32. The van der Waals surface area contributed by atoms with Crippen molar-refractivity contribution < 1.29 is 14.3 Å². The van der Waals surface area contributed by atoms with Crippen LogP contribution in [0.5, 0.6) is 11.5 Å². The summed E-state index contributed by atoms with van der Waals surface area (Å²) < 4.78 is 10.4. The highest BCUT2D eigenvalue weighted by Gasteiger charge is 2.22. The van der Waals surface area contributed by atoms with Gasteiger partial charge in [0.1, 0.15) is 0 Å². The minimum atomic E-state index is -0.0472. The summed E-state index contributed by atoms with van der Waals surface area (Å²) in [6.45, 7) is 2.11. The Kier molecular flexibility index (Phi) is 5.48. The Bertz CT molecular complexity index is 481. The van der Waals surface area contributed by atoms with Crippen LogP contribution in [-0.2, 0) is 0 Å². The number of hydrogen-bond acceptors (Lipinski definition) is 3. The lowest BCUT2D eigenvalue weighted by atomic mass is 9.84.